The van der Waals surface area contributed by atoms with Gasteiger partial charge in [0.25, 0.3) is 0 Å². The number of anilines is 2. The van der Waals surface area contributed by atoms with Gasteiger partial charge < -0.3 is 20.8 Å². The number of methoxy groups -OCH3 is 1. The summed E-state index contributed by atoms with van der Waals surface area (Å²) in [5.41, 5.74) is 1.73. The third kappa shape index (κ3) is 5.57. The molecule has 0 atom stereocenters. The Balaban J connectivity index is 2.12. The zero-order chi connectivity index (χ0) is 24.2. The van der Waals surface area contributed by atoms with Crippen LogP contribution in [0.1, 0.15) is 37.7 Å². The van der Waals surface area contributed by atoms with Crippen LogP contribution in [0.15, 0.2) is 42.7 Å². The number of halogens is 3. The lowest BCUT2D eigenvalue weighted by atomic mass is 10.1. The topological polar surface area (TPSA) is 95.8 Å². The number of pyridine rings is 3. The van der Waals surface area contributed by atoms with E-state index < -0.39 is 11.9 Å². The van der Waals surface area contributed by atoms with E-state index in [0.717, 1.165) is 6.20 Å². The molecule has 0 saturated heterocycles. The van der Waals surface area contributed by atoms with Crippen LogP contribution in [0.4, 0.5) is 24.5 Å². The maximum absolute atomic E-state index is 13.4. The molecule has 3 N–H and O–H groups in total. The molecule has 3 rings (SSSR count). The first-order valence-electron chi connectivity index (χ1n) is 10.2. The summed E-state index contributed by atoms with van der Waals surface area (Å²) in [6.07, 6.45) is -1.87. The molecule has 10 heteroatoms. The predicted molar refractivity (Wildman–Crippen MR) is 122 cm³/mol. The second-order valence-electron chi connectivity index (χ2n) is 7.63. The van der Waals surface area contributed by atoms with Crippen molar-refractivity contribution in [2.45, 2.75) is 39.5 Å². The normalized spacial score (nSPS) is 11.4. The van der Waals surface area contributed by atoms with Crippen LogP contribution in [-0.2, 0) is 12.7 Å². The van der Waals surface area contributed by atoms with E-state index >= 15 is 0 Å². The third-order valence-corrected chi connectivity index (χ3v) is 4.68. The molecule has 0 radical (unpaired) electrons. The summed E-state index contributed by atoms with van der Waals surface area (Å²) in [4.78, 5) is 12.3. The molecule has 0 saturated carbocycles. The maximum Gasteiger partial charge on any atom is 0.433 e. The van der Waals surface area contributed by atoms with Gasteiger partial charge in [0.05, 0.1) is 35.5 Å². The van der Waals surface area contributed by atoms with Gasteiger partial charge in [0, 0.05) is 30.5 Å². The SMILES string of the molecule is COc1ncccc1-c1cc(NCc2cccnc2C(F)(F)F)c(NC(C)C)c(C(C)=N)n1. The minimum Gasteiger partial charge on any atom is -0.481 e. The molecule has 3 aromatic rings. The lowest BCUT2D eigenvalue weighted by Crippen LogP contribution is -2.18. The highest BCUT2D eigenvalue weighted by atomic mass is 19.4. The summed E-state index contributed by atoms with van der Waals surface area (Å²) < 4.78 is 45.6. The van der Waals surface area contributed by atoms with E-state index in [2.05, 4.69) is 25.6 Å². The third-order valence-electron chi connectivity index (χ3n) is 4.68. The zero-order valence-corrected chi connectivity index (χ0v) is 18.7. The fraction of sp³-hybridized carbons (Fsp3) is 0.304. The lowest BCUT2D eigenvalue weighted by Gasteiger charge is -2.21. The average molecular weight is 458 g/mol. The molecule has 0 fully saturated rings. The first-order chi connectivity index (χ1) is 15.6. The second-order valence-corrected chi connectivity index (χ2v) is 7.63. The average Bonchev–Trinajstić information content (AvgIpc) is 2.77. The summed E-state index contributed by atoms with van der Waals surface area (Å²) >= 11 is 0. The van der Waals surface area contributed by atoms with Crippen molar-refractivity contribution in [2.24, 2.45) is 0 Å². The number of hydrogen-bond acceptors (Lipinski definition) is 7. The summed E-state index contributed by atoms with van der Waals surface area (Å²) in [5, 5.41) is 14.6. The summed E-state index contributed by atoms with van der Waals surface area (Å²) in [7, 11) is 1.49. The van der Waals surface area contributed by atoms with Crippen LogP contribution in [0.3, 0.4) is 0 Å². The lowest BCUT2D eigenvalue weighted by molar-refractivity contribution is -0.141. The Morgan fingerprint density at radius 1 is 1.15 bits per heavy atom. The molecule has 0 aliphatic heterocycles. The molecule has 0 aliphatic rings. The van der Waals surface area contributed by atoms with E-state index in [1.54, 1.807) is 31.3 Å². The van der Waals surface area contributed by atoms with Crippen molar-refractivity contribution in [1.82, 2.24) is 15.0 Å². The number of alkyl halides is 3. The summed E-state index contributed by atoms with van der Waals surface area (Å²) in [6, 6.07) is 8.06. The van der Waals surface area contributed by atoms with Crippen molar-refractivity contribution < 1.29 is 17.9 Å². The molecule has 0 unspecified atom stereocenters. The van der Waals surface area contributed by atoms with Gasteiger partial charge in [-0.3, -0.25) is 4.98 Å². The van der Waals surface area contributed by atoms with Crippen molar-refractivity contribution in [2.75, 3.05) is 17.7 Å². The van der Waals surface area contributed by atoms with Crippen molar-refractivity contribution >= 4 is 17.1 Å². The Morgan fingerprint density at radius 2 is 1.85 bits per heavy atom. The molecule has 3 heterocycles. The van der Waals surface area contributed by atoms with E-state index in [0.29, 0.717) is 34.2 Å². The largest absolute Gasteiger partial charge is 0.481 e. The van der Waals surface area contributed by atoms with E-state index in [1.807, 2.05) is 13.8 Å². The van der Waals surface area contributed by atoms with Gasteiger partial charge in [-0.2, -0.15) is 13.2 Å². The van der Waals surface area contributed by atoms with Gasteiger partial charge in [0.1, 0.15) is 11.4 Å². The van der Waals surface area contributed by atoms with Crippen LogP contribution in [0.5, 0.6) is 5.88 Å². The minimum absolute atomic E-state index is 0.00550. The number of aromatic nitrogens is 3. The monoisotopic (exact) mass is 458 g/mol. The Morgan fingerprint density at radius 3 is 2.48 bits per heavy atom. The van der Waals surface area contributed by atoms with E-state index in [4.69, 9.17) is 10.1 Å². The molecule has 0 spiro atoms. The standard InChI is InChI=1S/C23H25F3N6O/c1-13(2)31-20-18(30-12-15-7-5-9-28-21(15)23(24,25)26)11-17(32-19(20)14(3)27)16-8-6-10-29-22(16)33-4/h5-11,13,27,31H,12H2,1-4H3,(H,30,32). The van der Waals surface area contributed by atoms with Crippen LogP contribution in [0.2, 0.25) is 0 Å². The van der Waals surface area contributed by atoms with Gasteiger partial charge in [0.15, 0.2) is 0 Å². The number of ether oxygens (including phenoxy) is 1. The molecule has 0 aliphatic carbocycles. The Hall–Kier alpha value is -3.69. The molecular weight excluding hydrogens is 433 g/mol. The fourth-order valence-electron chi connectivity index (χ4n) is 3.30. The van der Waals surface area contributed by atoms with Crippen LogP contribution in [0.25, 0.3) is 11.3 Å². The maximum atomic E-state index is 13.4. The van der Waals surface area contributed by atoms with Gasteiger partial charge in [-0.1, -0.05) is 6.07 Å². The molecule has 3 aromatic heterocycles. The van der Waals surface area contributed by atoms with Crippen molar-refractivity contribution in [3.05, 3.63) is 59.7 Å². The fourth-order valence-corrected chi connectivity index (χ4v) is 3.30. The van der Waals surface area contributed by atoms with Gasteiger partial charge in [0.2, 0.25) is 5.88 Å². The molecule has 33 heavy (non-hydrogen) atoms. The number of nitrogens with zero attached hydrogens (tertiary/aromatic N) is 3. The van der Waals surface area contributed by atoms with Crippen molar-refractivity contribution in [3.8, 4) is 17.1 Å². The predicted octanol–water partition coefficient (Wildman–Crippen LogP) is 5.39. The molecule has 174 valence electrons. The van der Waals surface area contributed by atoms with Crippen LogP contribution in [-0.4, -0.2) is 33.8 Å². The highest BCUT2D eigenvalue weighted by Gasteiger charge is 2.35. The highest BCUT2D eigenvalue weighted by molar-refractivity contribution is 6.03. The first kappa shape index (κ1) is 24.0. The number of rotatable bonds is 8. The van der Waals surface area contributed by atoms with Gasteiger partial charge in [-0.15, -0.1) is 0 Å². The summed E-state index contributed by atoms with van der Waals surface area (Å²) in [5.74, 6) is 0.348. The number of hydrogen-bond donors (Lipinski definition) is 3. The van der Waals surface area contributed by atoms with Crippen molar-refractivity contribution in [1.29, 1.82) is 5.41 Å². The first-order valence-corrected chi connectivity index (χ1v) is 10.2. The van der Waals surface area contributed by atoms with Crippen molar-refractivity contribution in [3.63, 3.8) is 0 Å². The highest BCUT2D eigenvalue weighted by Crippen LogP contribution is 2.35. The Labute approximate surface area is 190 Å². The smallest absolute Gasteiger partial charge is 0.433 e. The van der Waals surface area contributed by atoms with E-state index in [-0.39, 0.29) is 23.9 Å². The van der Waals surface area contributed by atoms with Crippen LogP contribution < -0.4 is 15.4 Å². The molecule has 7 nitrogen and oxygen atoms in total. The second kappa shape index (κ2) is 9.85. The number of nitrogens with one attached hydrogen (secondary N) is 3. The van der Waals surface area contributed by atoms with Crippen LogP contribution >= 0.6 is 0 Å². The summed E-state index contributed by atoms with van der Waals surface area (Å²) in [6.45, 7) is 5.33. The Kier molecular flexibility index (Phi) is 7.15. The molecule has 0 amide bonds. The Bertz CT molecular complexity index is 1150. The quantitative estimate of drug-likeness (QED) is 0.392. The molecule has 0 aromatic carbocycles. The zero-order valence-electron chi connectivity index (χ0n) is 18.7. The van der Waals surface area contributed by atoms with Gasteiger partial charge in [-0.25, -0.2) is 9.97 Å². The van der Waals surface area contributed by atoms with E-state index in [1.165, 1.54) is 19.2 Å². The van der Waals surface area contributed by atoms with Gasteiger partial charge in [-0.05, 0) is 45.0 Å². The molecule has 0 bridgehead atoms. The van der Waals surface area contributed by atoms with Gasteiger partial charge >= 0.3 is 6.18 Å². The minimum atomic E-state index is -4.57. The van der Waals surface area contributed by atoms with Crippen LogP contribution in [0, 0.1) is 5.41 Å². The molecular formula is C23H25F3N6O. The van der Waals surface area contributed by atoms with E-state index in [9.17, 15) is 13.2 Å².